The first kappa shape index (κ1) is 17.4. The third-order valence-electron chi connectivity index (χ3n) is 4.55. The van der Waals surface area contributed by atoms with Gasteiger partial charge in [0.1, 0.15) is 11.6 Å². The summed E-state index contributed by atoms with van der Waals surface area (Å²) in [6.45, 7) is 3.91. The number of hydrogen-bond donors (Lipinski definition) is 1. The van der Waals surface area contributed by atoms with Crippen LogP contribution in [0.5, 0.6) is 11.6 Å². The summed E-state index contributed by atoms with van der Waals surface area (Å²) in [4.78, 5) is 20.9. The van der Waals surface area contributed by atoms with Gasteiger partial charge >= 0.3 is 0 Å². The van der Waals surface area contributed by atoms with Gasteiger partial charge in [0.05, 0.1) is 0 Å². The van der Waals surface area contributed by atoms with E-state index < -0.39 is 0 Å². The Kier molecular flexibility index (Phi) is 5.64. The third kappa shape index (κ3) is 4.78. The molecular formula is C20H25N3O2. The average molecular weight is 339 g/mol. The normalized spacial score (nSPS) is 15.0. The van der Waals surface area contributed by atoms with Crippen molar-refractivity contribution in [3.05, 3.63) is 41.9 Å². The smallest absolute Gasteiger partial charge is 0.227 e. The van der Waals surface area contributed by atoms with Gasteiger partial charge in [-0.05, 0) is 50.5 Å². The van der Waals surface area contributed by atoms with E-state index in [-0.39, 0.29) is 11.8 Å². The van der Waals surface area contributed by atoms with E-state index in [0.29, 0.717) is 17.5 Å². The molecule has 0 atom stereocenters. The molecule has 0 aliphatic heterocycles. The molecule has 0 unspecified atom stereocenters. The molecule has 0 saturated heterocycles. The molecule has 1 saturated carbocycles. The lowest BCUT2D eigenvalue weighted by Gasteiger charge is -2.20. The summed E-state index contributed by atoms with van der Waals surface area (Å²) in [5, 5.41) is 3.01. The number of carbonyl (C=O) groups is 1. The summed E-state index contributed by atoms with van der Waals surface area (Å²) in [6.07, 6.45) is 6.40. The molecule has 132 valence electrons. The van der Waals surface area contributed by atoms with E-state index in [1.165, 1.54) is 6.42 Å². The fourth-order valence-electron chi connectivity index (χ4n) is 3.17. The highest BCUT2D eigenvalue weighted by atomic mass is 16.5. The van der Waals surface area contributed by atoms with Gasteiger partial charge in [0.15, 0.2) is 0 Å². The number of nitrogens with one attached hydrogen (secondary N) is 1. The average Bonchev–Trinajstić information content (AvgIpc) is 2.63. The molecule has 0 spiro atoms. The van der Waals surface area contributed by atoms with Crippen LogP contribution in [0.2, 0.25) is 0 Å². The standard InChI is InChI=1S/C20H25N3O2/c1-3-16-13-19(22-14(2)21-16)25-18-11-9-17(10-12-18)23-20(24)15-7-5-4-6-8-15/h9-13,15H,3-8H2,1-2H3,(H,23,24). The van der Waals surface area contributed by atoms with Gasteiger partial charge in [-0.15, -0.1) is 0 Å². The molecule has 1 amide bonds. The number of carbonyl (C=O) groups excluding carboxylic acids is 1. The Bertz CT molecular complexity index is 722. The Morgan fingerprint density at radius 3 is 2.56 bits per heavy atom. The Hall–Kier alpha value is -2.43. The Balaban J connectivity index is 1.62. The van der Waals surface area contributed by atoms with Crippen molar-refractivity contribution < 1.29 is 9.53 Å². The van der Waals surface area contributed by atoms with Gasteiger partial charge in [0, 0.05) is 23.4 Å². The van der Waals surface area contributed by atoms with Gasteiger partial charge in [-0.1, -0.05) is 26.2 Å². The molecule has 3 rings (SSSR count). The van der Waals surface area contributed by atoms with E-state index >= 15 is 0 Å². The van der Waals surface area contributed by atoms with Gasteiger partial charge in [-0.2, -0.15) is 4.98 Å². The molecule has 1 N–H and O–H groups in total. The minimum atomic E-state index is 0.132. The number of ether oxygens (including phenoxy) is 1. The van der Waals surface area contributed by atoms with Crippen LogP contribution in [0, 0.1) is 12.8 Å². The lowest BCUT2D eigenvalue weighted by Crippen LogP contribution is -2.24. The first-order valence-electron chi connectivity index (χ1n) is 9.07. The molecule has 1 heterocycles. The number of benzene rings is 1. The van der Waals surface area contributed by atoms with Crippen LogP contribution in [0.3, 0.4) is 0 Å². The summed E-state index contributed by atoms with van der Waals surface area (Å²) in [5.74, 6) is 2.22. The zero-order valence-corrected chi connectivity index (χ0v) is 14.9. The molecule has 1 aliphatic carbocycles. The minimum absolute atomic E-state index is 0.132. The van der Waals surface area contributed by atoms with E-state index in [4.69, 9.17) is 4.74 Å². The monoisotopic (exact) mass is 339 g/mol. The highest BCUT2D eigenvalue weighted by Crippen LogP contribution is 2.26. The van der Waals surface area contributed by atoms with Crippen LogP contribution < -0.4 is 10.1 Å². The van der Waals surface area contributed by atoms with E-state index in [2.05, 4.69) is 22.2 Å². The summed E-state index contributed by atoms with van der Waals surface area (Å²) in [6, 6.07) is 9.28. The second kappa shape index (κ2) is 8.10. The van der Waals surface area contributed by atoms with Crippen molar-refractivity contribution in [2.75, 3.05) is 5.32 Å². The summed E-state index contributed by atoms with van der Waals surface area (Å²) in [5.41, 5.74) is 1.76. The molecule has 1 fully saturated rings. The zero-order chi connectivity index (χ0) is 17.6. The van der Waals surface area contributed by atoms with Crippen molar-refractivity contribution in [1.29, 1.82) is 0 Å². The Labute approximate surface area is 148 Å². The number of hydrogen-bond acceptors (Lipinski definition) is 4. The highest BCUT2D eigenvalue weighted by molar-refractivity contribution is 5.92. The fraction of sp³-hybridized carbons (Fsp3) is 0.450. The molecule has 5 nitrogen and oxygen atoms in total. The maximum atomic E-state index is 12.3. The first-order chi connectivity index (χ1) is 12.1. The van der Waals surface area contributed by atoms with Crippen molar-refractivity contribution >= 4 is 11.6 Å². The molecule has 1 aliphatic rings. The highest BCUT2D eigenvalue weighted by Gasteiger charge is 2.20. The number of aryl methyl sites for hydroxylation is 2. The second-order valence-electron chi connectivity index (χ2n) is 6.55. The van der Waals surface area contributed by atoms with E-state index in [1.54, 1.807) is 0 Å². The maximum absolute atomic E-state index is 12.3. The van der Waals surface area contributed by atoms with Crippen molar-refractivity contribution in [2.24, 2.45) is 5.92 Å². The molecule has 0 bridgehead atoms. The maximum Gasteiger partial charge on any atom is 0.227 e. The van der Waals surface area contributed by atoms with Crippen LogP contribution in [0.25, 0.3) is 0 Å². The lowest BCUT2D eigenvalue weighted by atomic mass is 9.88. The lowest BCUT2D eigenvalue weighted by molar-refractivity contribution is -0.120. The number of aromatic nitrogens is 2. The van der Waals surface area contributed by atoms with Crippen molar-refractivity contribution in [2.45, 2.75) is 52.4 Å². The van der Waals surface area contributed by atoms with Gasteiger partial charge < -0.3 is 10.1 Å². The quantitative estimate of drug-likeness (QED) is 0.860. The van der Waals surface area contributed by atoms with E-state index in [9.17, 15) is 4.79 Å². The van der Waals surface area contributed by atoms with Crippen LogP contribution in [0.15, 0.2) is 30.3 Å². The first-order valence-corrected chi connectivity index (χ1v) is 9.07. The Morgan fingerprint density at radius 1 is 1.16 bits per heavy atom. The predicted molar refractivity (Wildman–Crippen MR) is 97.9 cm³/mol. The molecule has 1 aromatic heterocycles. The van der Waals surface area contributed by atoms with Crippen LogP contribution in [-0.2, 0) is 11.2 Å². The van der Waals surface area contributed by atoms with Gasteiger partial charge in [0.2, 0.25) is 11.8 Å². The number of anilines is 1. The van der Waals surface area contributed by atoms with Crippen LogP contribution >= 0.6 is 0 Å². The van der Waals surface area contributed by atoms with Gasteiger partial charge in [0.25, 0.3) is 0 Å². The summed E-state index contributed by atoms with van der Waals surface area (Å²) < 4.78 is 5.81. The van der Waals surface area contributed by atoms with Crippen molar-refractivity contribution in [3.63, 3.8) is 0 Å². The summed E-state index contributed by atoms with van der Waals surface area (Å²) in [7, 11) is 0. The van der Waals surface area contributed by atoms with Crippen molar-refractivity contribution in [3.8, 4) is 11.6 Å². The molecule has 1 aromatic carbocycles. The van der Waals surface area contributed by atoms with E-state index in [1.807, 2.05) is 37.3 Å². The van der Waals surface area contributed by atoms with E-state index in [0.717, 1.165) is 43.5 Å². The Morgan fingerprint density at radius 2 is 1.88 bits per heavy atom. The molecule has 25 heavy (non-hydrogen) atoms. The SMILES string of the molecule is CCc1cc(Oc2ccc(NC(=O)C3CCCCC3)cc2)nc(C)n1. The number of rotatable bonds is 5. The topological polar surface area (TPSA) is 64.1 Å². The minimum Gasteiger partial charge on any atom is -0.439 e. The molecule has 5 heteroatoms. The number of amides is 1. The van der Waals surface area contributed by atoms with Crippen LogP contribution in [0.4, 0.5) is 5.69 Å². The second-order valence-corrected chi connectivity index (χ2v) is 6.55. The van der Waals surface area contributed by atoms with Crippen LogP contribution in [-0.4, -0.2) is 15.9 Å². The number of nitrogens with zero attached hydrogens (tertiary/aromatic N) is 2. The molecular weight excluding hydrogens is 314 g/mol. The predicted octanol–water partition coefficient (Wildman–Crippen LogP) is 4.66. The molecule has 2 aromatic rings. The molecule has 0 radical (unpaired) electrons. The largest absolute Gasteiger partial charge is 0.439 e. The van der Waals surface area contributed by atoms with Gasteiger partial charge in [-0.3, -0.25) is 4.79 Å². The fourth-order valence-corrected chi connectivity index (χ4v) is 3.17. The third-order valence-corrected chi connectivity index (χ3v) is 4.55. The summed E-state index contributed by atoms with van der Waals surface area (Å²) >= 11 is 0. The van der Waals surface area contributed by atoms with Gasteiger partial charge in [-0.25, -0.2) is 4.98 Å². The zero-order valence-electron chi connectivity index (χ0n) is 14.9. The van der Waals surface area contributed by atoms with Crippen molar-refractivity contribution in [1.82, 2.24) is 9.97 Å². The van der Waals surface area contributed by atoms with Crippen LogP contribution in [0.1, 0.15) is 50.5 Å².